The van der Waals surface area contributed by atoms with E-state index in [0.717, 1.165) is 12.5 Å². The van der Waals surface area contributed by atoms with Gasteiger partial charge in [-0.25, -0.2) is 4.79 Å². The fourth-order valence-electron chi connectivity index (χ4n) is 2.53. The summed E-state index contributed by atoms with van der Waals surface area (Å²) in [5.74, 6) is -0.914. The molecule has 0 spiro atoms. The van der Waals surface area contributed by atoms with Crippen LogP contribution in [0.25, 0.3) is 0 Å². The number of hydrogen-bond donors (Lipinski definition) is 1. The molecule has 1 saturated heterocycles. The van der Waals surface area contributed by atoms with Crippen molar-refractivity contribution in [1.82, 2.24) is 0 Å². The summed E-state index contributed by atoms with van der Waals surface area (Å²) in [5, 5.41) is 8.44. The second-order valence-electron chi connectivity index (χ2n) is 5.84. The zero-order chi connectivity index (χ0) is 15.3. The van der Waals surface area contributed by atoms with Gasteiger partial charge in [0.05, 0.1) is 6.10 Å². The number of rotatable bonds is 13. The maximum absolute atomic E-state index is 10.3. The predicted octanol–water partition coefficient (Wildman–Crippen LogP) is 4.87. The van der Waals surface area contributed by atoms with Gasteiger partial charge < -0.3 is 9.84 Å². The van der Waals surface area contributed by atoms with Crippen LogP contribution in [-0.2, 0) is 9.53 Å². The number of carbonyl (C=O) groups is 1. The Hall–Kier alpha value is -1.09. The molecule has 2 unspecified atom stereocenters. The topological polar surface area (TPSA) is 49.8 Å². The first-order chi connectivity index (χ1) is 10.2. The highest BCUT2D eigenvalue weighted by Gasteiger charge is 2.35. The van der Waals surface area contributed by atoms with Gasteiger partial charge in [-0.05, 0) is 6.42 Å². The molecule has 1 N–H and O–H groups in total. The van der Waals surface area contributed by atoms with Gasteiger partial charge in [-0.3, -0.25) is 0 Å². The summed E-state index contributed by atoms with van der Waals surface area (Å²) in [6.45, 7) is 2.25. The number of unbranched alkanes of at least 4 members (excludes halogenated alkanes) is 8. The number of epoxide rings is 1. The fourth-order valence-corrected chi connectivity index (χ4v) is 2.53. The molecule has 1 fully saturated rings. The summed E-state index contributed by atoms with van der Waals surface area (Å²) in [7, 11) is 0. The standard InChI is InChI=1S/C18H30O3/c1-2-3-4-5-6-7-8-9-10-13-16-17(21-16)14-11-12-15-18(19)20/h11-12,14-17H,2-10,13H2,1H3,(H,19,20)/b14-11?,15-12-. The zero-order valence-corrected chi connectivity index (χ0v) is 13.3. The maximum atomic E-state index is 10.3. The monoisotopic (exact) mass is 294 g/mol. The first-order valence-electron chi connectivity index (χ1n) is 8.47. The van der Waals surface area contributed by atoms with Crippen molar-refractivity contribution in [3.05, 3.63) is 24.3 Å². The Morgan fingerprint density at radius 3 is 2.24 bits per heavy atom. The van der Waals surface area contributed by atoms with Crippen LogP contribution in [-0.4, -0.2) is 23.3 Å². The highest BCUT2D eigenvalue weighted by molar-refractivity contribution is 5.80. The van der Waals surface area contributed by atoms with Crippen LogP contribution in [0.3, 0.4) is 0 Å². The van der Waals surface area contributed by atoms with Gasteiger partial charge in [0, 0.05) is 6.08 Å². The number of carboxylic acid groups (broad SMARTS) is 1. The van der Waals surface area contributed by atoms with Crippen LogP contribution in [0.2, 0.25) is 0 Å². The minimum Gasteiger partial charge on any atom is -0.478 e. The molecule has 0 aromatic heterocycles. The van der Waals surface area contributed by atoms with Crippen LogP contribution in [0.15, 0.2) is 24.3 Å². The lowest BCUT2D eigenvalue weighted by atomic mass is 10.1. The average molecular weight is 294 g/mol. The molecule has 0 bridgehead atoms. The Labute approximate surface area is 129 Å². The van der Waals surface area contributed by atoms with Crippen molar-refractivity contribution in [2.24, 2.45) is 0 Å². The van der Waals surface area contributed by atoms with Crippen molar-refractivity contribution in [3.63, 3.8) is 0 Å². The van der Waals surface area contributed by atoms with E-state index in [0.29, 0.717) is 6.10 Å². The van der Waals surface area contributed by atoms with E-state index in [1.165, 1.54) is 57.8 Å². The van der Waals surface area contributed by atoms with Crippen molar-refractivity contribution in [3.8, 4) is 0 Å². The second-order valence-corrected chi connectivity index (χ2v) is 5.84. The maximum Gasteiger partial charge on any atom is 0.328 e. The van der Waals surface area contributed by atoms with Crippen LogP contribution in [0.5, 0.6) is 0 Å². The predicted molar refractivity (Wildman–Crippen MR) is 86.4 cm³/mol. The zero-order valence-electron chi connectivity index (χ0n) is 13.3. The molecule has 21 heavy (non-hydrogen) atoms. The quantitative estimate of drug-likeness (QED) is 0.228. The third-order valence-corrected chi connectivity index (χ3v) is 3.86. The lowest BCUT2D eigenvalue weighted by Gasteiger charge is -2.00. The highest BCUT2D eigenvalue weighted by atomic mass is 16.6. The number of ether oxygens (including phenoxy) is 1. The van der Waals surface area contributed by atoms with Gasteiger partial charge in [-0.1, -0.05) is 82.9 Å². The van der Waals surface area contributed by atoms with Crippen molar-refractivity contribution in [1.29, 1.82) is 0 Å². The summed E-state index contributed by atoms with van der Waals surface area (Å²) < 4.78 is 5.53. The van der Waals surface area contributed by atoms with Crippen molar-refractivity contribution in [2.75, 3.05) is 0 Å². The Bertz CT molecular complexity index is 333. The Balaban J connectivity index is 1.86. The number of allylic oxidation sites excluding steroid dienone is 2. The number of aliphatic carboxylic acids is 1. The Kier molecular flexibility index (Phi) is 9.88. The molecule has 1 aliphatic heterocycles. The first kappa shape index (κ1) is 18.0. The third kappa shape index (κ3) is 10.3. The molecule has 0 radical (unpaired) electrons. The van der Waals surface area contributed by atoms with Crippen molar-refractivity contribution in [2.45, 2.75) is 83.3 Å². The number of hydrogen-bond acceptors (Lipinski definition) is 2. The van der Waals surface area contributed by atoms with Gasteiger partial charge in [0.2, 0.25) is 0 Å². The summed E-state index contributed by atoms with van der Waals surface area (Å²) in [5.41, 5.74) is 0. The summed E-state index contributed by atoms with van der Waals surface area (Å²) in [6.07, 6.45) is 20.2. The van der Waals surface area contributed by atoms with Crippen molar-refractivity contribution < 1.29 is 14.6 Å². The normalized spacial score (nSPS) is 21.4. The van der Waals surface area contributed by atoms with Crippen LogP contribution in [0.1, 0.15) is 71.1 Å². The van der Waals surface area contributed by atoms with E-state index in [4.69, 9.17) is 9.84 Å². The molecule has 1 heterocycles. The molecule has 120 valence electrons. The van der Waals surface area contributed by atoms with Gasteiger partial charge in [0.1, 0.15) is 6.10 Å². The lowest BCUT2D eigenvalue weighted by molar-refractivity contribution is -0.131. The SMILES string of the molecule is CCCCCCCCCCCC1OC1C=C/C=C\C(=O)O. The molecule has 1 aliphatic rings. The van der Waals surface area contributed by atoms with Gasteiger partial charge in [-0.2, -0.15) is 0 Å². The average Bonchev–Trinajstić information content (AvgIpc) is 3.20. The Morgan fingerprint density at radius 2 is 1.62 bits per heavy atom. The molecular weight excluding hydrogens is 264 g/mol. The molecule has 0 amide bonds. The van der Waals surface area contributed by atoms with Gasteiger partial charge in [0.15, 0.2) is 0 Å². The number of carboxylic acids is 1. The van der Waals surface area contributed by atoms with E-state index in [-0.39, 0.29) is 6.10 Å². The minimum absolute atomic E-state index is 0.206. The highest BCUT2D eigenvalue weighted by Crippen LogP contribution is 2.28. The minimum atomic E-state index is -0.914. The summed E-state index contributed by atoms with van der Waals surface area (Å²) in [4.78, 5) is 10.3. The van der Waals surface area contributed by atoms with Crippen molar-refractivity contribution >= 4 is 5.97 Å². The fraction of sp³-hybridized carbons (Fsp3) is 0.722. The van der Waals surface area contributed by atoms with Crippen LogP contribution in [0.4, 0.5) is 0 Å². The van der Waals surface area contributed by atoms with Gasteiger partial charge >= 0.3 is 5.97 Å². The van der Waals surface area contributed by atoms with Crippen LogP contribution in [0, 0.1) is 0 Å². The molecule has 3 heteroatoms. The van der Waals surface area contributed by atoms with E-state index < -0.39 is 5.97 Å². The van der Waals surface area contributed by atoms with E-state index in [9.17, 15) is 4.79 Å². The molecule has 0 aromatic carbocycles. The van der Waals surface area contributed by atoms with E-state index in [2.05, 4.69) is 6.92 Å². The molecular formula is C18H30O3. The first-order valence-corrected chi connectivity index (χ1v) is 8.47. The van der Waals surface area contributed by atoms with Crippen LogP contribution < -0.4 is 0 Å². The van der Waals surface area contributed by atoms with Crippen LogP contribution >= 0.6 is 0 Å². The second kappa shape index (κ2) is 11.6. The van der Waals surface area contributed by atoms with E-state index >= 15 is 0 Å². The lowest BCUT2D eigenvalue weighted by Crippen LogP contribution is -1.91. The molecule has 0 aliphatic carbocycles. The molecule has 3 nitrogen and oxygen atoms in total. The summed E-state index contributed by atoms with van der Waals surface area (Å²) >= 11 is 0. The molecule has 0 aromatic rings. The smallest absolute Gasteiger partial charge is 0.328 e. The van der Waals surface area contributed by atoms with Gasteiger partial charge in [-0.15, -0.1) is 0 Å². The Morgan fingerprint density at radius 1 is 1.00 bits per heavy atom. The molecule has 2 atom stereocenters. The van der Waals surface area contributed by atoms with Gasteiger partial charge in [0.25, 0.3) is 0 Å². The molecule has 1 rings (SSSR count). The third-order valence-electron chi connectivity index (χ3n) is 3.86. The summed E-state index contributed by atoms with van der Waals surface area (Å²) in [6, 6.07) is 0. The van der Waals surface area contributed by atoms with E-state index in [1.54, 1.807) is 12.2 Å². The molecule has 0 saturated carbocycles. The largest absolute Gasteiger partial charge is 0.478 e. The van der Waals surface area contributed by atoms with E-state index in [1.807, 2.05) is 6.08 Å².